The van der Waals surface area contributed by atoms with E-state index >= 15 is 0 Å². The van der Waals surface area contributed by atoms with E-state index in [1.165, 1.54) is 4.57 Å². The van der Waals surface area contributed by atoms with Crippen molar-refractivity contribution in [1.82, 2.24) is 9.55 Å². The topological polar surface area (TPSA) is 90.7 Å². The van der Waals surface area contributed by atoms with Crippen LogP contribution in [0, 0.1) is 0 Å². The van der Waals surface area contributed by atoms with Crippen molar-refractivity contribution in [2.45, 2.75) is 26.2 Å². The molecule has 1 unspecified atom stereocenters. The number of hydrogen-bond donors (Lipinski definition) is 1. The number of rotatable bonds is 4. The highest BCUT2D eigenvalue weighted by Gasteiger charge is 2.27. The smallest absolute Gasteiger partial charge is 0.358 e. The summed E-state index contributed by atoms with van der Waals surface area (Å²) in [6.07, 6.45) is -0.433. The largest absolute Gasteiger partial charge is 0.481 e. The number of hydrogen-bond acceptors (Lipinski definition) is 5. The molecule has 0 amide bonds. The first-order valence-electron chi connectivity index (χ1n) is 7.24. The minimum absolute atomic E-state index is 0.101. The molecule has 1 N–H and O–H groups in total. The molecule has 7 heteroatoms. The molecular formula is C16H16N2O5. The second-order valence-corrected chi connectivity index (χ2v) is 5.20. The van der Waals surface area contributed by atoms with Crippen LogP contribution in [0.4, 0.5) is 0 Å². The quantitative estimate of drug-likeness (QED) is 0.921. The van der Waals surface area contributed by atoms with Gasteiger partial charge in [0.2, 0.25) is 5.75 Å². The third-order valence-corrected chi connectivity index (χ3v) is 3.63. The summed E-state index contributed by atoms with van der Waals surface area (Å²) in [7, 11) is 0. The summed E-state index contributed by atoms with van der Waals surface area (Å²) in [6, 6.07) is 9.21. The summed E-state index contributed by atoms with van der Waals surface area (Å²) < 4.78 is 12.3. The number of carbonyl (C=O) groups is 1. The van der Waals surface area contributed by atoms with Crippen LogP contribution in [0.25, 0.3) is 0 Å². The zero-order valence-electron chi connectivity index (χ0n) is 12.6. The Labute approximate surface area is 132 Å². The van der Waals surface area contributed by atoms with E-state index in [4.69, 9.17) is 9.47 Å². The van der Waals surface area contributed by atoms with Crippen LogP contribution in [0.5, 0.6) is 5.75 Å². The maximum Gasteiger partial charge on any atom is 0.358 e. The third kappa shape index (κ3) is 2.95. The number of carboxylic acid groups (broad SMARTS) is 1. The standard InChI is InChI=1S/C16H16N2O5/c1-10-14-17-12(16(20)21)13(15(19)18(14)7-8-22-10)23-9-11-5-3-2-4-6-11/h2-6,10H,7-9H2,1H3,(H,20,21). The number of aromatic carboxylic acids is 1. The summed E-state index contributed by atoms with van der Waals surface area (Å²) >= 11 is 0. The van der Waals surface area contributed by atoms with Crippen LogP contribution >= 0.6 is 0 Å². The van der Waals surface area contributed by atoms with Crippen LogP contribution in [0.2, 0.25) is 0 Å². The van der Waals surface area contributed by atoms with Crippen LogP contribution in [0.1, 0.15) is 34.9 Å². The first-order chi connectivity index (χ1) is 11.1. The Morgan fingerprint density at radius 1 is 1.43 bits per heavy atom. The van der Waals surface area contributed by atoms with Crippen LogP contribution in [-0.2, 0) is 17.9 Å². The van der Waals surface area contributed by atoms with E-state index in [2.05, 4.69) is 4.98 Å². The van der Waals surface area contributed by atoms with Crippen molar-refractivity contribution in [3.63, 3.8) is 0 Å². The second kappa shape index (κ2) is 6.21. The highest BCUT2D eigenvalue weighted by atomic mass is 16.5. The fraction of sp³-hybridized carbons (Fsp3) is 0.312. The Bertz CT molecular complexity index is 785. The molecule has 2 heterocycles. The van der Waals surface area contributed by atoms with Gasteiger partial charge < -0.3 is 14.6 Å². The molecule has 7 nitrogen and oxygen atoms in total. The average Bonchev–Trinajstić information content (AvgIpc) is 2.55. The molecule has 0 saturated heterocycles. The Hall–Kier alpha value is -2.67. The molecule has 1 aromatic heterocycles. The molecule has 3 rings (SSSR count). The number of ether oxygens (including phenoxy) is 2. The lowest BCUT2D eigenvalue weighted by Gasteiger charge is -2.24. The van der Waals surface area contributed by atoms with E-state index in [-0.39, 0.29) is 18.1 Å². The normalized spacial score (nSPS) is 16.7. The summed E-state index contributed by atoms with van der Waals surface area (Å²) in [4.78, 5) is 28.1. The summed E-state index contributed by atoms with van der Waals surface area (Å²) in [5.74, 6) is -1.23. The Kier molecular flexibility index (Phi) is 4.12. The van der Waals surface area contributed by atoms with Gasteiger partial charge in [-0.2, -0.15) is 0 Å². The fourth-order valence-corrected chi connectivity index (χ4v) is 2.48. The minimum Gasteiger partial charge on any atom is -0.481 e. The van der Waals surface area contributed by atoms with Gasteiger partial charge >= 0.3 is 5.97 Å². The molecule has 1 aromatic carbocycles. The van der Waals surface area contributed by atoms with E-state index < -0.39 is 17.6 Å². The predicted octanol–water partition coefficient (Wildman–Crippen LogP) is 1.61. The van der Waals surface area contributed by atoms with Gasteiger partial charge in [0.15, 0.2) is 5.69 Å². The minimum atomic E-state index is -1.30. The Morgan fingerprint density at radius 3 is 2.87 bits per heavy atom. The lowest BCUT2D eigenvalue weighted by atomic mass is 10.2. The van der Waals surface area contributed by atoms with Gasteiger partial charge in [-0.15, -0.1) is 0 Å². The SMILES string of the molecule is CC1OCCn2c1nc(C(=O)O)c(OCc1ccccc1)c2=O. The molecule has 0 radical (unpaired) electrons. The summed E-state index contributed by atoms with van der Waals surface area (Å²) in [5.41, 5.74) is -0.0318. The molecule has 0 bridgehead atoms. The van der Waals surface area contributed by atoms with Crippen LogP contribution in [-0.4, -0.2) is 27.2 Å². The summed E-state index contributed by atoms with van der Waals surface area (Å²) in [6.45, 7) is 2.53. The molecule has 1 atom stereocenters. The van der Waals surface area contributed by atoms with Gasteiger partial charge in [0.25, 0.3) is 5.56 Å². The number of benzene rings is 1. The molecule has 0 aliphatic carbocycles. The van der Waals surface area contributed by atoms with Crippen molar-refractivity contribution in [1.29, 1.82) is 0 Å². The average molecular weight is 316 g/mol. The van der Waals surface area contributed by atoms with E-state index in [1.54, 1.807) is 6.92 Å². The lowest BCUT2D eigenvalue weighted by Crippen LogP contribution is -2.35. The van der Waals surface area contributed by atoms with E-state index in [0.717, 1.165) is 5.56 Å². The molecule has 0 spiro atoms. The zero-order chi connectivity index (χ0) is 16.4. The van der Waals surface area contributed by atoms with Gasteiger partial charge in [0.05, 0.1) is 13.2 Å². The number of nitrogens with zero attached hydrogens (tertiary/aromatic N) is 2. The van der Waals surface area contributed by atoms with Gasteiger partial charge in [-0.05, 0) is 12.5 Å². The monoisotopic (exact) mass is 316 g/mol. The molecule has 2 aromatic rings. The van der Waals surface area contributed by atoms with Gasteiger partial charge in [0.1, 0.15) is 18.5 Å². The van der Waals surface area contributed by atoms with Gasteiger partial charge in [-0.25, -0.2) is 9.78 Å². The summed E-state index contributed by atoms with van der Waals surface area (Å²) in [5, 5.41) is 9.34. The molecule has 0 fully saturated rings. The van der Waals surface area contributed by atoms with Gasteiger partial charge in [-0.1, -0.05) is 30.3 Å². The number of aromatic nitrogens is 2. The van der Waals surface area contributed by atoms with Crippen molar-refractivity contribution in [2.75, 3.05) is 6.61 Å². The van der Waals surface area contributed by atoms with Crippen molar-refractivity contribution in [3.05, 3.63) is 57.8 Å². The fourth-order valence-electron chi connectivity index (χ4n) is 2.48. The molecule has 23 heavy (non-hydrogen) atoms. The molecule has 1 aliphatic heterocycles. The number of fused-ring (bicyclic) bond motifs is 1. The highest BCUT2D eigenvalue weighted by molar-refractivity contribution is 5.88. The Morgan fingerprint density at radius 2 is 2.17 bits per heavy atom. The molecule has 0 saturated carbocycles. The molecular weight excluding hydrogens is 300 g/mol. The third-order valence-electron chi connectivity index (χ3n) is 3.63. The Balaban J connectivity index is 2.01. The zero-order valence-corrected chi connectivity index (χ0v) is 12.6. The van der Waals surface area contributed by atoms with E-state index in [1.807, 2.05) is 30.3 Å². The van der Waals surface area contributed by atoms with Gasteiger partial charge in [0, 0.05) is 0 Å². The van der Waals surface area contributed by atoms with Crippen molar-refractivity contribution < 1.29 is 19.4 Å². The van der Waals surface area contributed by atoms with Crippen LogP contribution < -0.4 is 10.3 Å². The highest BCUT2D eigenvalue weighted by Crippen LogP contribution is 2.22. The first kappa shape index (κ1) is 15.2. The molecule has 1 aliphatic rings. The second-order valence-electron chi connectivity index (χ2n) is 5.20. The predicted molar refractivity (Wildman–Crippen MR) is 80.6 cm³/mol. The number of carboxylic acids is 1. The maximum atomic E-state index is 12.6. The van der Waals surface area contributed by atoms with Gasteiger partial charge in [-0.3, -0.25) is 9.36 Å². The first-order valence-corrected chi connectivity index (χ1v) is 7.24. The van der Waals surface area contributed by atoms with Crippen molar-refractivity contribution >= 4 is 5.97 Å². The lowest BCUT2D eigenvalue weighted by molar-refractivity contribution is 0.0251. The van der Waals surface area contributed by atoms with E-state index in [0.29, 0.717) is 19.0 Å². The van der Waals surface area contributed by atoms with E-state index in [9.17, 15) is 14.7 Å². The van der Waals surface area contributed by atoms with Crippen molar-refractivity contribution in [2.24, 2.45) is 0 Å². The molecule has 120 valence electrons. The van der Waals surface area contributed by atoms with Crippen LogP contribution in [0.15, 0.2) is 35.1 Å². The maximum absolute atomic E-state index is 12.6. The van der Waals surface area contributed by atoms with Crippen LogP contribution in [0.3, 0.4) is 0 Å². The van der Waals surface area contributed by atoms with Crippen molar-refractivity contribution in [3.8, 4) is 5.75 Å².